The van der Waals surface area contributed by atoms with Crippen LogP contribution in [-0.4, -0.2) is 27.5 Å². The van der Waals surface area contributed by atoms with Crippen LogP contribution in [0.2, 0.25) is 0 Å². The van der Waals surface area contributed by atoms with Gasteiger partial charge in [-0.25, -0.2) is 4.79 Å². The third-order valence-electron chi connectivity index (χ3n) is 10.2. The molecule has 0 amide bonds. The van der Waals surface area contributed by atoms with E-state index < -0.39 is 11.2 Å². The molecule has 0 saturated heterocycles. The van der Waals surface area contributed by atoms with Crippen molar-refractivity contribution in [3.63, 3.8) is 0 Å². The third kappa shape index (κ3) is 2.47. The lowest BCUT2D eigenvalue weighted by Crippen LogP contribution is -2.67. The number of fused-ring (bicyclic) bond motifs is 5. The van der Waals surface area contributed by atoms with Gasteiger partial charge in [0.15, 0.2) is 0 Å². The Morgan fingerprint density at radius 3 is 2.41 bits per heavy atom. The standard InChI is InChI=1S/C24H35NO4/c1-21-9-5-16(25)13-23(21,27)11-7-19-18(21)6-10-22(2)17(8-12-24(19,22)28)15-3-4-20(26)29-14-15/h3-4,14,16-19,27-28H,5-13,25H2,1-2H3/t16-,17+,18-,19+,21+,22+,23-,24-/m0/s1. The summed E-state index contributed by atoms with van der Waals surface area (Å²) in [6.45, 7) is 4.51. The molecule has 4 aliphatic rings. The van der Waals surface area contributed by atoms with E-state index in [0.717, 1.165) is 56.9 Å². The minimum atomic E-state index is -0.735. The lowest BCUT2D eigenvalue weighted by molar-refractivity contribution is -0.246. The summed E-state index contributed by atoms with van der Waals surface area (Å²) in [6.07, 6.45) is 9.46. The summed E-state index contributed by atoms with van der Waals surface area (Å²) in [6, 6.07) is 3.46. The van der Waals surface area contributed by atoms with E-state index in [1.165, 1.54) is 6.07 Å². The first-order chi connectivity index (χ1) is 13.6. The molecule has 0 aromatic carbocycles. The molecule has 0 bridgehead atoms. The van der Waals surface area contributed by atoms with Crippen LogP contribution in [0.4, 0.5) is 0 Å². The topological polar surface area (TPSA) is 96.7 Å². The molecule has 4 fully saturated rings. The van der Waals surface area contributed by atoms with Crippen molar-refractivity contribution >= 4 is 0 Å². The molecule has 4 aliphatic carbocycles. The van der Waals surface area contributed by atoms with Gasteiger partial charge in [0.25, 0.3) is 0 Å². The molecule has 4 saturated carbocycles. The van der Waals surface area contributed by atoms with Crippen LogP contribution in [0, 0.1) is 22.7 Å². The van der Waals surface area contributed by atoms with Gasteiger partial charge in [-0.05, 0) is 92.6 Å². The number of aliphatic hydroxyl groups is 2. The van der Waals surface area contributed by atoms with Crippen molar-refractivity contribution < 1.29 is 14.6 Å². The fourth-order valence-electron chi connectivity index (χ4n) is 8.36. The predicted molar refractivity (Wildman–Crippen MR) is 110 cm³/mol. The van der Waals surface area contributed by atoms with E-state index in [0.29, 0.717) is 12.3 Å². The van der Waals surface area contributed by atoms with E-state index >= 15 is 0 Å². The summed E-state index contributed by atoms with van der Waals surface area (Å²) in [5.74, 6) is 0.743. The van der Waals surface area contributed by atoms with Crippen molar-refractivity contribution in [3.05, 3.63) is 34.4 Å². The molecular formula is C24H35NO4. The molecule has 29 heavy (non-hydrogen) atoms. The van der Waals surface area contributed by atoms with Crippen molar-refractivity contribution in [1.82, 2.24) is 0 Å². The number of rotatable bonds is 1. The summed E-state index contributed by atoms with van der Waals surface area (Å²) < 4.78 is 5.16. The van der Waals surface area contributed by atoms with Crippen LogP contribution >= 0.6 is 0 Å². The van der Waals surface area contributed by atoms with Crippen LogP contribution in [-0.2, 0) is 0 Å². The van der Waals surface area contributed by atoms with Crippen molar-refractivity contribution in [2.75, 3.05) is 0 Å². The minimum Gasteiger partial charge on any atom is -0.431 e. The van der Waals surface area contributed by atoms with Gasteiger partial charge in [-0.3, -0.25) is 0 Å². The Morgan fingerprint density at radius 1 is 0.966 bits per heavy atom. The van der Waals surface area contributed by atoms with E-state index in [4.69, 9.17) is 10.2 Å². The average Bonchev–Trinajstić information content (AvgIpc) is 2.95. The fraction of sp³-hybridized carbons (Fsp3) is 0.792. The highest BCUT2D eigenvalue weighted by atomic mass is 16.4. The van der Waals surface area contributed by atoms with E-state index in [9.17, 15) is 15.0 Å². The average molecular weight is 402 g/mol. The van der Waals surface area contributed by atoms with Gasteiger partial charge in [-0.1, -0.05) is 13.8 Å². The van der Waals surface area contributed by atoms with Crippen LogP contribution in [0.1, 0.15) is 83.1 Å². The Bertz CT molecular complexity index is 848. The Kier molecular flexibility index (Phi) is 4.21. The maximum atomic E-state index is 12.2. The van der Waals surface area contributed by atoms with E-state index in [-0.39, 0.29) is 34.3 Å². The quantitative estimate of drug-likeness (QED) is 0.671. The lowest BCUT2D eigenvalue weighted by Gasteiger charge is -2.66. The highest BCUT2D eigenvalue weighted by Gasteiger charge is 2.69. The van der Waals surface area contributed by atoms with Gasteiger partial charge in [0.1, 0.15) is 0 Å². The summed E-state index contributed by atoms with van der Waals surface area (Å²) in [5.41, 5.74) is 5.11. The summed E-state index contributed by atoms with van der Waals surface area (Å²) >= 11 is 0. The van der Waals surface area contributed by atoms with Crippen molar-refractivity contribution in [1.29, 1.82) is 0 Å². The first-order valence-electron chi connectivity index (χ1n) is 11.4. The van der Waals surface area contributed by atoms with Crippen molar-refractivity contribution in [2.24, 2.45) is 28.4 Å². The maximum Gasteiger partial charge on any atom is 0.335 e. The summed E-state index contributed by atoms with van der Waals surface area (Å²) in [7, 11) is 0. The van der Waals surface area contributed by atoms with Crippen LogP contribution < -0.4 is 11.4 Å². The Morgan fingerprint density at radius 2 is 1.69 bits per heavy atom. The molecule has 4 N–H and O–H groups in total. The molecule has 5 heteroatoms. The largest absolute Gasteiger partial charge is 0.431 e. The summed E-state index contributed by atoms with van der Waals surface area (Å²) in [5, 5.41) is 23.8. The van der Waals surface area contributed by atoms with Crippen molar-refractivity contribution in [3.8, 4) is 0 Å². The van der Waals surface area contributed by atoms with Gasteiger partial charge in [0, 0.05) is 17.5 Å². The zero-order valence-corrected chi connectivity index (χ0v) is 17.7. The molecule has 0 unspecified atom stereocenters. The molecule has 8 atom stereocenters. The van der Waals surface area contributed by atoms with Gasteiger partial charge in [0.05, 0.1) is 17.5 Å². The second-order valence-electron chi connectivity index (χ2n) is 11.1. The SMILES string of the molecule is C[C@]12CC[C@H](N)C[C@@]1(O)CC[C@@H]1[C@@H]2CC[C@]2(C)[C@@H](c3ccc(=O)oc3)CC[C@]12O. The zero-order valence-electron chi connectivity index (χ0n) is 17.7. The second-order valence-corrected chi connectivity index (χ2v) is 11.1. The molecule has 160 valence electrons. The van der Waals surface area contributed by atoms with Gasteiger partial charge in [-0.2, -0.15) is 0 Å². The molecule has 0 spiro atoms. The first-order valence-corrected chi connectivity index (χ1v) is 11.4. The first kappa shape index (κ1) is 19.8. The normalized spacial score (nSPS) is 51.8. The fourth-order valence-corrected chi connectivity index (χ4v) is 8.36. The van der Waals surface area contributed by atoms with Gasteiger partial charge in [-0.15, -0.1) is 0 Å². The molecular weight excluding hydrogens is 366 g/mol. The molecule has 1 heterocycles. The number of nitrogens with two attached hydrogens (primary N) is 1. The molecule has 0 radical (unpaired) electrons. The maximum absolute atomic E-state index is 12.2. The zero-order chi connectivity index (χ0) is 20.7. The van der Waals surface area contributed by atoms with Gasteiger partial charge >= 0.3 is 5.63 Å². The highest BCUT2D eigenvalue weighted by Crippen LogP contribution is 2.71. The van der Waals surface area contributed by atoms with Crippen LogP contribution in [0.5, 0.6) is 0 Å². The Labute approximate surface area is 172 Å². The predicted octanol–water partition coefficient (Wildman–Crippen LogP) is 3.32. The van der Waals surface area contributed by atoms with E-state index in [2.05, 4.69) is 13.8 Å². The number of hydrogen-bond acceptors (Lipinski definition) is 5. The third-order valence-corrected chi connectivity index (χ3v) is 10.2. The van der Waals surface area contributed by atoms with E-state index in [1.807, 2.05) is 6.07 Å². The molecule has 5 rings (SSSR count). The van der Waals surface area contributed by atoms with Gasteiger partial charge in [0.2, 0.25) is 0 Å². The van der Waals surface area contributed by atoms with Crippen LogP contribution in [0.25, 0.3) is 0 Å². The minimum absolute atomic E-state index is 0.0881. The van der Waals surface area contributed by atoms with Crippen LogP contribution in [0.3, 0.4) is 0 Å². The molecule has 1 aromatic heterocycles. The molecule has 5 nitrogen and oxygen atoms in total. The smallest absolute Gasteiger partial charge is 0.335 e. The lowest BCUT2D eigenvalue weighted by atomic mass is 9.42. The Balaban J connectivity index is 1.50. The Hall–Kier alpha value is -1.17. The second kappa shape index (κ2) is 6.18. The monoisotopic (exact) mass is 401 g/mol. The highest BCUT2D eigenvalue weighted by molar-refractivity contribution is 5.27. The number of hydrogen-bond donors (Lipinski definition) is 3. The van der Waals surface area contributed by atoms with E-state index in [1.54, 1.807) is 6.26 Å². The van der Waals surface area contributed by atoms with Gasteiger partial charge < -0.3 is 20.4 Å². The molecule has 0 aliphatic heterocycles. The van der Waals surface area contributed by atoms with Crippen molar-refractivity contribution in [2.45, 2.75) is 94.8 Å². The van der Waals surface area contributed by atoms with Crippen LogP contribution in [0.15, 0.2) is 27.6 Å². The molecule has 1 aromatic rings. The summed E-state index contributed by atoms with van der Waals surface area (Å²) in [4.78, 5) is 11.4.